The monoisotopic (exact) mass is 443 g/mol. The van der Waals surface area contributed by atoms with Crippen LogP contribution in [0, 0.1) is 5.92 Å². The van der Waals surface area contributed by atoms with Crippen molar-refractivity contribution in [2.24, 2.45) is 5.92 Å². The van der Waals surface area contributed by atoms with Gasteiger partial charge in [-0.3, -0.25) is 0 Å². The van der Waals surface area contributed by atoms with Crippen molar-refractivity contribution >= 4 is 33.4 Å². The highest BCUT2D eigenvalue weighted by Gasteiger charge is 2.28. The molecule has 1 fully saturated rings. The van der Waals surface area contributed by atoms with Crippen LogP contribution in [0.4, 0.5) is 10.6 Å². The maximum absolute atomic E-state index is 12.5. The molecule has 2 amide bonds. The standard InChI is InChI=1S/C24H37N5OS/c1-4-6-8-20-26-22(21-18-10-9-17(3)16-19(18)31-23(21)27-20)28-12-14-29(15-13-28)24(30)25-11-7-5-2/h17H,4-16H2,1-3H3,(H,25,30). The Labute approximate surface area is 190 Å². The number of piperazine rings is 1. The largest absolute Gasteiger partial charge is 0.352 e. The minimum Gasteiger partial charge on any atom is -0.352 e. The van der Waals surface area contributed by atoms with Crippen molar-refractivity contribution in [1.82, 2.24) is 20.2 Å². The van der Waals surface area contributed by atoms with Crippen LogP contribution >= 0.6 is 11.3 Å². The van der Waals surface area contributed by atoms with E-state index >= 15 is 0 Å². The lowest BCUT2D eigenvalue weighted by atomic mass is 9.89. The van der Waals surface area contributed by atoms with Gasteiger partial charge in [-0.05, 0) is 43.6 Å². The number of thiophene rings is 1. The molecule has 0 aromatic carbocycles. The molecule has 1 aliphatic heterocycles. The number of nitrogens with zero attached hydrogens (tertiary/aromatic N) is 4. The Morgan fingerprint density at radius 3 is 2.65 bits per heavy atom. The number of unbranched alkanes of at least 4 members (excludes halogenated alkanes) is 2. The van der Waals surface area contributed by atoms with Gasteiger partial charge >= 0.3 is 6.03 Å². The highest BCUT2D eigenvalue weighted by molar-refractivity contribution is 7.19. The van der Waals surface area contributed by atoms with Gasteiger partial charge in [0, 0.05) is 44.0 Å². The van der Waals surface area contributed by atoms with E-state index in [1.54, 1.807) is 0 Å². The molecule has 31 heavy (non-hydrogen) atoms. The number of anilines is 1. The lowest BCUT2D eigenvalue weighted by Gasteiger charge is -2.36. The van der Waals surface area contributed by atoms with E-state index in [2.05, 4.69) is 31.0 Å². The summed E-state index contributed by atoms with van der Waals surface area (Å²) in [5.74, 6) is 2.86. The molecule has 3 heterocycles. The van der Waals surface area contributed by atoms with Gasteiger partial charge < -0.3 is 15.1 Å². The third-order valence-corrected chi connectivity index (χ3v) is 7.76. The zero-order chi connectivity index (χ0) is 21.8. The van der Waals surface area contributed by atoms with E-state index in [0.717, 1.165) is 88.8 Å². The average Bonchev–Trinajstić information content (AvgIpc) is 3.14. The quantitative estimate of drug-likeness (QED) is 0.625. The van der Waals surface area contributed by atoms with Gasteiger partial charge in [-0.25, -0.2) is 14.8 Å². The van der Waals surface area contributed by atoms with Crippen LogP contribution in [0.25, 0.3) is 10.2 Å². The van der Waals surface area contributed by atoms with Crippen LogP contribution in [0.3, 0.4) is 0 Å². The fourth-order valence-electron chi connectivity index (χ4n) is 4.65. The number of amides is 2. The maximum Gasteiger partial charge on any atom is 0.317 e. The molecule has 6 nitrogen and oxygen atoms in total. The molecule has 0 spiro atoms. The molecular formula is C24H37N5OS. The topological polar surface area (TPSA) is 61.4 Å². The van der Waals surface area contributed by atoms with Gasteiger partial charge in [0.1, 0.15) is 16.5 Å². The highest BCUT2D eigenvalue weighted by Crippen LogP contribution is 2.41. The van der Waals surface area contributed by atoms with E-state index in [1.165, 1.54) is 33.5 Å². The zero-order valence-corrected chi connectivity index (χ0v) is 20.2. The van der Waals surface area contributed by atoms with Crippen molar-refractivity contribution in [3.05, 3.63) is 16.3 Å². The Bertz CT molecular complexity index is 903. The molecule has 1 atom stereocenters. The highest BCUT2D eigenvalue weighted by atomic mass is 32.1. The van der Waals surface area contributed by atoms with Crippen LogP contribution in [-0.2, 0) is 19.3 Å². The summed E-state index contributed by atoms with van der Waals surface area (Å²) in [6.45, 7) is 10.7. The lowest BCUT2D eigenvalue weighted by Crippen LogP contribution is -2.52. The molecule has 2 aliphatic rings. The van der Waals surface area contributed by atoms with Crippen LogP contribution in [0.2, 0.25) is 0 Å². The molecule has 4 rings (SSSR count). The third kappa shape index (κ3) is 4.97. The first-order chi connectivity index (χ1) is 15.1. The number of urea groups is 1. The Balaban J connectivity index is 1.57. The summed E-state index contributed by atoms with van der Waals surface area (Å²) in [6.07, 6.45) is 8.92. The van der Waals surface area contributed by atoms with E-state index < -0.39 is 0 Å². The number of carbonyl (C=O) groups is 1. The van der Waals surface area contributed by atoms with E-state index in [9.17, 15) is 4.79 Å². The van der Waals surface area contributed by atoms with Crippen molar-refractivity contribution in [3.63, 3.8) is 0 Å². The molecule has 0 bridgehead atoms. The molecule has 170 valence electrons. The van der Waals surface area contributed by atoms with Crippen LogP contribution in [0.5, 0.6) is 0 Å². The molecule has 0 radical (unpaired) electrons. The second-order valence-electron chi connectivity index (χ2n) is 9.16. The average molecular weight is 444 g/mol. The summed E-state index contributed by atoms with van der Waals surface area (Å²) in [5, 5.41) is 4.35. The van der Waals surface area contributed by atoms with Crippen molar-refractivity contribution < 1.29 is 4.79 Å². The summed E-state index contributed by atoms with van der Waals surface area (Å²) in [7, 11) is 0. The number of fused-ring (bicyclic) bond motifs is 3. The first-order valence-corrected chi connectivity index (χ1v) is 13.0. The van der Waals surface area contributed by atoms with Crippen LogP contribution in [0.15, 0.2) is 0 Å². The maximum atomic E-state index is 12.5. The minimum atomic E-state index is 0.0754. The van der Waals surface area contributed by atoms with E-state index in [4.69, 9.17) is 9.97 Å². The molecule has 1 N–H and O–H groups in total. The zero-order valence-electron chi connectivity index (χ0n) is 19.4. The molecular weight excluding hydrogens is 406 g/mol. The number of rotatable bonds is 7. The lowest BCUT2D eigenvalue weighted by molar-refractivity contribution is 0.194. The van der Waals surface area contributed by atoms with E-state index in [0.29, 0.717) is 0 Å². The van der Waals surface area contributed by atoms with Gasteiger partial charge in [-0.1, -0.05) is 33.6 Å². The Morgan fingerprint density at radius 2 is 1.90 bits per heavy atom. The van der Waals surface area contributed by atoms with Gasteiger partial charge in [0.15, 0.2) is 0 Å². The number of aryl methyl sites for hydroxylation is 2. The Kier molecular flexibility index (Phi) is 7.31. The fraction of sp³-hybridized carbons (Fsp3) is 0.708. The number of carbonyl (C=O) groups excluding carboxylic acids is 1. The molecule has 0 saturated carbocycles. The Morgan fingerprint density at radius 1 is 1.13 bits per heavy atom. The molecule has 1 saturated heterocycles. The van der Waals surface area contributed by atoms with Gasteiger partial charge in [0.2, 0.25) is 0 Å². The summed E-state index contributed by atoms with van der Waals surface area (Å²) >= 11 is 1.89. The Hall–Kier alpha value is -1.89. The second-order valence-corrected chi connectivity index (χ2v) is 10.2. The summed E-state index contributed by atoms with van der Waals surface area (Å²) in [5.41, 5.74) is 1.50. The molecule has 1 aliphatic carbocycles. The predicted octanol–water partition coefficient (Wildman–Crippen LogP) is 4.79. The molecule has 7 heteroatoms. The summed E-state index contributed by atoms with van der Waals surface area (Å²) in [4.78, 5) is 29.6. The molecule has 2 aromatic heterocycles. The van der Waals surface area contributed by atoms with Gasteiger partial charge in [0.25, 0.3) is 0 Å². The fourth-order valence-corrected chi connectivity index (χ4v) is 6.04. The van der Waals surface area contributed by atoms with Gasteiger partial charge in [0.05, 0.1) is 5.39 Å². The van der Waals surface area contributed by atoms with Crippen molar-refractivity contribution in [3.8, 4) is 0 Å². The smallest absolute Gasteiger partial charge is 0.317 e. The third-order valence-electron chi connectivity index (χ3n) is 6.61. The van der Waals surface area contributed by atoms with E-state index in [1.807, 2.05) is 16.2 Å². The number of aromatic nitrogens is 2. The second kappa shape index (κ2) is 10.2. The SMILES string of the molecule is CCCCNC(=O)N1CCN(c2nc(CCCC)nc3sc4c(c23)CCC(C)C4)CC1. The normalized spacial score (nSPS) is 19.0. The first kappa shape index (κ1) is 22.3. The van der Waals surface area contributed by atoms with Crippen molar-refractivity contribution in [2.75, 3.05) is 37.6 Å². The van der Waals surface area contributed by atoms with Crippen LogP contribution in [-0.4, -0.2) is 53.6 Å². The van der Waals surface area contributed by atoms with Crippen LogP contribution in [0.1, 0.15) is 69.1 Å². The van der Waals surface area contributed by atoms with Gasteiger partial charge in [-0.15, -0.1) is 11.3 Å². The van der Waals surface area contributed by atoms with Gasteiger partial charge in [-0.2, -0.15) is 0 Å². The number of hydrogen-bond donors (Lipinski definition) is 1. The van der Waals surface area contributed by atoms with Crippen LogP contribution < -0.4 is 10.2 Å². The molecule has 2 aromatic rings. The van der Waals surface area contributed by atoms with E-state index in [-0.39, 0.29) is 6.03 Å². The van der Waals surface area contributed by atoms with Crippen molar-refractivity contribution in [1.29, 1.82) is 0 Å². The number of hydrogen-bond acceptors (Lipinski definition) is 5. The summed E-state index contributed by atoms with van der Waals surface area (Å²) in [6, 6.07) is 0.0754. The van der Waals surface area contributed by atoms with Crippen molar-refractivity contribution in [2.45, 2.75) is 72.1 Å². The summed E-state index contributed by atoms with van der Waals surface area (Å²) < 4.78 is 0. The predicted molar refractivity (Wildman–Crippen MR) is 129 cm³/mol. The number of nitrogens with one attached hydrogen (secondary N) is 1. The minimum absolute atomic E-state index is 0.0754. The first-order valence-electron chi connectivity index (χ1n) is 12.2. The molecule has 1 unspecified atom stereocenters.